The normalized spacial score (nSPS) is 19.7. The molecule has 4 heteroatoms. The Hall–Kier alpha value is -1.06. The van der Waals surface area contributed by atoms with E-state index in [2.05, 4.69) is 29.7 Å². The van der Waals surface area contributed by atoms with Crippen LogP contribution in [0.1, 0.15) is 54.1 Å². The summed E-state index contributed by atoms with van der Waals surface area (Å²) in [7, 11) is 0. The Morgan fingerprint density at radius 1 is 1.18 bits per heavy atom. The number of halogens is 1. The van der Waals surface area contributed by atoms with Crippen molar-refractivity contribution in [1.29, 1.82) is 0 Å². The zero-order chi connectivity index (χ0) is 14.7. The first-order valence-electron chi connectivity index (χ1n) is 8.27. The fourth-order valence-corrected chi connectivity index (χ4v) is 3.48. The molecule has 1 amide bonds. The van der Waals surface area contributed by atoms with Gasteiger partial charge in [-0.2, -0.15) is 0 Å². The lowest BCUT2D eigenvalue weighted by Gasteiger charge is -2.34. The number of fused-ring (bicyclic) bond motifs is 1. The van der Waals surface area contributed by atoms with Gasteiger partial charge in [0.15, 0.2) is 0 Å². The molecule has 1 saturated heterocycles. The molecule has 2 N–H and O–H groups in total. The summed E-state index contributed by atoms with van der Waals surface area (Å²) >= 11 is 0. The maximum Gasteiger partial charge on any atom is 0.251 e. The molecule has 0 bridgehead atoms. The average Bonchev–Trinajstić information content (AvgIpc) is 2.53. The number of benzene rings is 1. The SMILES string of the molecule is CC1(CNC(=O)c2ccc3c(c2)CCCC3)CCNCC1.Cl. The first-order chi connectivity index (χ1) is 10.2. The molecule has 122 valence electrons. The molecule has 22 heavy (non-hydrogen) atoms. The highest BCUT2D eigenvalue weighted by atomic mass is 35.5. The van der Waals surface area contributed by atoms with E-state index in [1.54, 1.807) is 0 Å². The van der Waals surface area contributed by atoms with Gasteiger partial charge < -0.3 is 10.6 Å². The minimum absolute atomic E-state index is 0. The van der Waals surface area contributed by atoms with Gasteiger partial charge in [-0.3, -0.25) is 4.79 Å². The van der Waals surface area contributed by atoms with Crippen molar-refractivity contribution in [3.05, 3.63) is 34.9 Å². The molecule has 3 rings (SSSR count). The second kappa shape index (κ2) is 7.47. The average molecular weight is 323 g/mol. The molecule has 1 heterocycles. The second-order valence-electron chi connectivity index (χ2n) is 6.93. The fraction of sp³-hybridized carbons (Fsp3) is 0.611. The van der Waals surface area contributed by atoms with Crippen LogP contribution in [-0.2, 0) is 12.8 Å². The van der Waals surface area contributed by atoms with Crippen LogP contribution in [-0.4, -0.2) is 25.5 Å². The number of nitrogens with one attached hydrogen (secondary N) is 2. The van der Waals surface area contributed by atoms with Crippen LogP contribution >= 0.6 is 12.4 Å². The van der Waals surface area contributed by atoms with Gasteiger partial charge in [-0.25, -0.2) is 0 Å². The Kier molecular flexibility index (Phi) is 5.87. The zero-order valence-electron chi connectivity index (χ0n) is 13.4. The quantitative estimate of drug-likeness (QED) is 0.897. The Labute approximate surface area is 139 Å². The largest absolute Gasteiger partial charge is 0.351 e. The molecule has 0 unspecified atom stereocenters. The number of carbonyl (C=O) groups is 1. The summed E-state index contributed by atoms with van der Waals surface area (Å²) in [4.78, 5) is 12.4. The lowest BCUT2D eigenvalue weighted by atomic mass is 9.81. The second-order valence-corrected chi connectivity index (χ2v) is 6.93. The third-order valence-electron chi connectivity index (χ3n) is 5.10. The molecule has 1 fully saturated rings. The number of piperidine rings is 1. The van der Waals surface area contributed by atoms with Gasteiger partial charge >= 0.3 is 0 Å². The molecule has 0 radical (unpaired) electrons. The molecule has 0 aromatic heterocycles. The lowest BCUT2D eigenvalue weighted by Crippen LogP contribution is -2.42. The molecule has 0 atom stereocenters. The van der Waals surface area contributed by atoms with Crippen molar-refractivity contribution in [2.24, 2.45) is 5.41 Å². The van der Waals surface area contributed by atoms with Crippen molar-refractivity contribution in [2.75, 3.05) is 19.6 Å². The van der Waals surface area contributed by atoms with Crippen molar-refractivity contribution < 1.29 is 4.79 Å². The Morgan fingerprint density at radius 3 is 2.59 bits per heavy atom. The Bertz CT molecular complexity index is 524. The zero-order valence-corrected chi connectivity index (χ0v) is 14.2. The van der Waals surface area contributed by atoms with E-state index in [0.717, 1.165) is 44.5 Å². The number of hydrogen-bond donors (Lipinski definition) is 2. The van der Waals surface area contributed by atoms with Crippen molar-refractivity contribution in [3.63, 3.8) is 0 Å². The van der Waals surface area contributed by atoms with E-state index in [1.807, 2.05) is 6.07 Å². The van der Waals surface area contributed by atoms with Crippen molar-refractivity contribution in [3.8, 4) is 0 Å². The predicted octanol–water partition coefficient (Wildman–Crippen LogP) is 3.11. The van der Waals surface area contributed by atoms with Gasteiger partial charge in [-0.05, 0) is 80.3 Å². The minimum Gasteiger partial charge on any atom is -0.351 e. The molecule has 1 aliphatic heterocycles. The van der Waals surface area contributed by atoms with Crippen LogP contribution in [0.4, 0.5) is 0 Å². The smallest absolute Gasteiger partial charge is 0.251 e. The molecule has 1 aliphatic carbocycles. The maximum absolute atomic E-state index is 12.4. The summed E-state index contributed by atoms with van der Waals surface area (Å²) < 4.78 is 0. The number of hydrogen-bond acceptors (Lipinski definition) is 2. The lowest BCUT2D eigenvalue weighted by molar-refractivity contribution is 0.0922. The van der Waals surface area contributed by atoms with E-state index in [0.29, 0.717) is 0 Å². The van der Waals surface area contributed by atoms with E-state index >= 15 is 0 Å². The Balaban J connectivity index is 0.00000176. The van der Waals surface area contributed by atoms with Gasteiger partial charge in [-0.15, -0.1) is 12.4 Å². The van der Waals surface area contributed by atoms with Crippen LogP contribution in [0.15, 0.2) is 18.2 Å². The third kappa shape index (κ3) is 4.02. The van der Waals surface area contributed by atoms with Crippen LogP contribution in [0.25, 0.3) is 0 Å². The highest BCUT2D eigenvalue weighted by Gasteiger charge is 2.27. The summed E-state index contributed by atoms with van der Waals surface area (Å²) in [6.45, 7) is 5.18. The van der Waals surface area contributed by atoms with Crippen LogP contribution in [0.5, 0.6) is 0 Å². The monoisotopic (exact) mass is 322 g/mol. The summed E-state index contributed by atoms with van der Waals surface area (Å²) in [5, 5.41) is 6.53. The van der Waals surface area contributed by atoms with E-state index in [1.165, 1.54) is 30.4 Å². The van der Waals surface area contributed by atoms with E-state index in [4.69, 9.17) is 0 Å². The summed E-state index contributed by atoms with van der Waals surface area (Å²) in [5.41, 5.74) is 3.88. The first-order valence-corrected chi connectivity index (χ1v) is 8.27. The Morgan fingerprint density at radius 2 is 1.86 bits per heavy atom. The highest BCUT2D eigenvalue weighted by Crippen LogP contribution is 2.27. The fourth-order valence-electron chi connectivity index (χ4n) is 3.48. The number of rotatable bonds is 3. The predicted molar refractivity (Wildman–Crippen MR) is 92.9 cm³/mol. The van der Waals surface area contributed by atoms with Gasteiger partial charge in [0, 0.05) is 12.1 Å². The molecule has 0 saturated carbocycles. The van der Waals surface area contributed by atoms with Gasteiger partial charge in [-0.1, -0.05) is 13.0 Å². The summed E-state index contributed by atoms with van der Waals surface area (Å²) in [6.07, 6.45) is 7.10. The van der Waals surface area contributed by atoms with Crippen LogP contribution < -0.4 is 10.6 Å². The molecule has 2 aliphatic rings. The topological polar surface area (TPSA) is 41.1 Å². The van der Waals surface area contributed by atoms with Crippen molar-refractivity contribution >= 4 is 18.3 Å². The number of carbonyl (C=O) groups excluding carboxylic acids is 1. The maximum atomic E-state index is 12.4. The van der Waals surface area contributed by atoms with Crippen LogP contribution in [0, 0.1) is 5.41 Å². The van der Waals surface area contributed by atoms with Gasteiger partial charge in [0.2, 0.25) is 0 Å². The van der Waals surface area contributed by atoms with Gasteiger partial charge in [0.25, 0.3) is 5.91 Å². The molecule has 1 aromatic rings. The number of amides is 1. The van der Waals surface area contributed by atoms with E-state index in [9.17, 15) is 4.79 Å². The van der Waals surface area contributed by atoms with E-state index < -0.39 is 0 Å². The molecular weight excluding hydrogens is 296 g/mol. The van der Waals surface area contributed by atoms with Gasteiger partial charge in [0.1, 0.15) is 0 Å². The molecule has 1 aromatic carbocycles. The van der Waals surface area contributed by atoms with Crippen LogP contribution in [0.2, 0.25) is 0 Å². The number of aryl methyl sites for hydroxylation is 2. The van der Waals surface area contributed by atoms with Crippen LogP contribution in [0.3, 0.4) is 0 Å². The molecular formula is C18H27ClN2O. The van der Waals surface area contributed by atoms with Crippen molar-refractivity contribution in [1.82, 2.24) is 10.6 Å². The van der Waals surface area contributed by atoms with Gasteiger partial charge in [0.05, 0.1) is 0 Å². The highest BCUT2D eigenvalue weighted by molar-refractivity contribution is 5.94. The summed E-state index contributed by atoms with van der Waals surface area (Å²) in [5.74, 6) is 0.0862. The first kappa shape index (κ1) is 17.3. The molecule has 3 nitrogen and oxygen atoms in total. The molecule has 0 spiro atoms. The minimum atomic E-state index is 0. The standard InChI is InChI=1S/C18H26N2O.ClH/c1-18(8-10-19-11-9-18)13-20-17(21)16-7-6-14-4-2-3-5-15(14)12-16;/h6-7,12,19H,2-5,8-11,13H2,1H3,(H,20,21);1H. The third-order valence-corrected chi connectivity index (χ3v) is 5.10. The van der Waals surface area contributed by atoms with E-state index in [-0.39, 0.29) is 23.7 Å². The summed E-state index contributed by atoms with van der Waals surface area (Å²) in [6, 6.07) is 6.24. The van der Waals surface area contributed by atoms with Crippen molar-refractivity contribution in [2.45, 2.75) is 45.4 Å².